The highest BCUT2D eigenvalue weighted by atomic mass is 16.6. The Morgan fingerprint density at radius 2 is 1.96 bits per heavy atom. The minimum absolute atomic E-state index is 0.112. The van der Waals surface area contributed by atoms with Crippen molar-refractivity contribution in [1.82, 2.24) is 4.90 Å². The van der Waals surface area contributed by atoms with Crippen LogP contribution in [0.3, 0.4) is 0 Å². The standard InChI is InChI=1S/C21H28N2O5/c1-19(2,3)28-18(27)23-9-8-21-13-6-4-5-7-15(13)22-16(26)14(21)10-20(11-24,12-25)17(21)23/h4-7,14,17,24-25H,8-12H2,1-3H3,(H,22,26)/t14-,17+,21?/m1/s1. The topological polar surface area (TPSA) is 99.1 Å². The lowest BCUT2D eigenvalue weighted by atomic mass is 9.65. The van der Waals surface area contributed by atoms with Gasteiger partial charge in [-0.15, -0.1) is 0 Å². The van der Waals surface area contributed by atoms with E-state index in [1.54, 1.807) is 4.90 Å². The molecule has 1 aromatic rings. The van der Waals surface area contributed by atoms with E-state index in [9.17, 15) is 19.8 Å². The van der Waals surface area contributed by atoms with Gasteiger partial charge >= 0.3 is 6.09 Å². The summed E-state index contributed by atoms with van der Waals surface area (Å²) in [5.41, 5.74) is -0.548. The molecule has 2 aliphatic heterocycles. The maximum Gasteiger partial charge on any atom is 0.410 e. The van der Waals surface area contributed by atoms with Crippen molar-refractivity contribution in [1.29, 1.82) is 0 Å². The minimum atomic E-state index is -0.965. The molecule has 0 aromatic heterocycles. The number of aliphatic hydroxyl groups excluding tert-OH is 2. The number of carbonyl (C=O) groups is 2. The van der Waals surface area contributed by atoms with Crippen molar-refractivity contribution in [2.45, 2.75) is 50.7 Å². The van der Waals surface area contributed by atoms with Gasteiger partial charge in [-0.1, -0.05) is 18.2 Å². The van der Waals surface area contributed by atoms with Crippen LogP contribution in [0.15, 0.2) is 24.3 Å². The molecule has 1 saturated heterocycles. The quantitative estimate of drug-likeness (QED) is 0.718. The van der Waals surface area contributed by atoms with Crippen molar-refractivity contribution < 1.29 is 24.5 Å². The van der Waals surface area contributed by atoms with Gasteiger partial charge in [0.15, 0.2) is 0 Å². The Morgan fingerprint density at radius 3 is 2.61 bits per heavy atom. The third-order valence-electron chi connectivity index (χ3n) is 6.64. The van der Waals surface area contributed by atoms with Crippen molar-refractivity contribution in [2.24, 2.45) is 11.3 Å². The molecule has 1 aliphatic carbocycles. The third kappa shape index (κ3) is 2.49. The van der Waals surface area contributed by atoms with E-state index in [-0.39, 0.29) is 19.1 Å². The van der Waals surface area contributed by atoms with E-state index in [0.717, 1.165) is 11.3 Å². The highest BCUT2D eigenvalue weighted by Gasteiger charge is 2.71. The fourth-order valence-corrected chi connectivity index (χ4v) is 5.67. The van der Waals surface area contributed by atoms with Gasteiger partial charge < -0.3 is 25.2 Å². The Labute approximate surface area is 164 Å². The number of para-hydroxylation sites is 1. The first kappa shape index (κ1) is 19.2. The molecular formula is C21H28N2O5. The molecule has 0 bridgehead atoms. The number of nitrogens with zero attached hydrogens (tertiary/aromatic N) is 1. The number of rotatable bonds is 2. The van der Waals surface area contributed by atoms with E-state index in [4.69, 9.17) is 4.74 Å². The maximum absolute atomic E-state index is 13.0. The van der Waals surface area contributed by atoms with E-state index in [1.165, 1.54) is 0 Å². The predicted octanol–water partition coefficient (Wildman–Crippen LogP) is 1.88. The number of carbonyl (C=O) groups excluding carboxylic acids is 2. The van der Waals surface area contributed by atoms with Crippen molar-refractivity contribution in [3.05, 3.63) is 29.8 Å². The van der Waals surface area contributed by atoms with E-state index in [2.05, 4.69) is 5.32 Å². The van der Waals surface area contributed by atoms with Gasteiger partial charge in [0.1, 0.15) is 5.60 Å². The molecule has 1 aromatic carbocycles. The van der Waals surface area contributed by atoms with Gasteiger partial charge in [0.05, 0.1) is 25.2 Å². The molecule has 0 radical (unpaired) electrons. The lowest BCUT2D eigenvalue weighted by molar-refractivity contribution is -0.122. The van der Waals surface area contributed by atoms with E-state index >= 15 is 0 Å². The molecule has 28 heavy (non-hydrogen) atoms. The first-order valence-corrected chi connectivity index (χ1v) is 9.80. The van der Waals surface area contributed by atoms with Crippen LogP contribution in [0.25, 0.3) is 0 Å². The second-order valence-electron chi connectivity index (χ2n) is 9.34. The molecular weight excluding hydrogens is 360 g/mol. The monoisotopic (exact) mass is 388 g/mol. The second kappa shape index (κ2) is 6.19. The number of benzene rings is 1. The predicted molar refractivity (Wildman–Crippen MR) is 103 cm³/mol. The fraction of sp³-hybridized carbons (Fsp3) is 0.619. The zero-order valence-electron chi connectivity index (χ0n) is 16.6. The summed E-state index contributed by atoms with van der Waals surface area (Å²) in [4.78, 5) is 27.7. The van der Waals surface area contributed by atoms with Gasteiger partial charge in [-0.3, -0.25) is 4.79 Å². The van der Waals surface area contributed by atoms with Crippen LogP contribution in [0, 0.1) is 11.3 Å². The molecule has 1 saturated carbocycles. The number of fused-ring (bicyclic) bond motifs is 1. The molecule has 2 heterocycles. The summed E-state index contributed by atoms with van der Waals surface area (Å²) in [7, 11) is 0. The molecule has 1 spiro atoms. The molecule has 3 atom stereocenters. The Hall–Kier alpha value is -2.12. The summed E-state index contributed by atoms with van der Waals surface area (Å²) in [6, 6.07) is 7.13. The number of nitrogens with one attached hydrogen (secondary N) is 1. The largest absolute Gasteiger partial charge is 0.444 e. The zero-order chi connectivity index (χ0) is 20.3. The minimum Gasteiger partial charge on any atom is -0.444 e. The van der Waals surface area contributed by atoms with E-state index in [0.29, 0.717) is 19.4 Å². The van der Waals surface area contributed by atoms with Gasteiger partial charge in [0.25, 0.3) is 0 Å². The van der Waals surface area contributed by atoms with Gasteiger partial charge in [0.2, 0.25) is 5.91 Å². The first-order chi connectivity index (χ1) is 13.2. The number of likely N-dealkylation sites (tertiary alicyclic amines) is 1. The SMILES string of the molecule is CC(C)(C)OC(=O)N1CCC23c4ccccc4NC(=O)[C@H]2CC(CO)(CO)[C@H]13. The summed E-state index contributed by atoms with van der Waals surface area (Å²) < 4.78 is 5.63. The number of ether oxygens (including phenoxy) is 1. The van der Waals surface area contributed by atoms with Crippen molar-refractivity contribution in [3.63, 3.8) is 0 Å². The number of hydrogen-bond donors (Lipinski definition) is 3. The number of amides is 2. The molecule has 2 fully saturated rings. The van der Waals surface area contributed by atoms with Crippen LogP contribution in [0.1, 0.15) is 39.2 Å². The summed E-state index contributed by atoms with van der Waals surface area (Å²) in [6.07, 6.45) is 0.447. The van der Waals surface area contributed by atoms with Crippen LogP contribution >= 0.6 is 0 Å². The van der Waals surface area contributed by atoms with Crippen molar-refractivity contribution >= 4 is 17.7 Å². The van der Waals surface area contributed by atoms with Crippen LogP contribution in [-0.2, 0) is 14.9 Å². The molecule has 3 aliphatic rings. The summed E-state index contributed by atoms with van der Waals surface area (Å²) in [5, 5.41) is 23.6. The average Bonchev–Trinajstić information content (AvgIpc) is 3.15. The summed E-state index contributed by atoms with van der Waals surface area (Å²) in [6.45, 7) is 5.23. The molecule has 2 amide bonds. The summed E-state index contributed by atoms with van der Waals surface area (Å²) >= 11 is 0. The first-order valence-electron chi connectivity index (χ1n) is 9.80. The highest BCUT2D eigenvalue weighted by molar-refractivity contribution is 5.98. The van der Waals surface area contributed by atoms with Crippen LogP contribution in [0.5, 0.6) is 0 Å². The Kier molecular flexibility index (Phi) is 4.25. The maximum atomic E-state index is 13.0. The molecule has 7 nitrogen and oxygen atoms in total. The third-order valence-corrected chi connectivity index (χ3v) is 6.64. The smallest absolute Gasteiger partial charge is 0.410 e. The van der Waals surface area contributed by atoms with Gasteiger partial charge in [0, 0.05) is 23.1 Å². The summed E-state index contributed by atoms with van der Waals surface area (Å²) in [5.74, 6) is -0.530. The van der Waals surface area contributed by atoms with Crippen molar-refractivity contribution in [2.75, 3.05) is 25.1 Å². The average molecular weight is 388 g/mol. The lowest BCUT2D eigenvalue weighted by Crippen LogP contribution is -2.56. The fourth-order valence-electron chi connectivity index (χ4n) is 5.67. The Bertz CT molecular complexity index is 813. The number of anilines is 1. The van der Waals surface area contributed by atoms with Gasteiger partial charge in [-0.2, -0.15) is 0 Å². The number of aliphatic hydroxyl groups is 2. The van der Waals surface area contributed by atoms with Crippen LogP contribution in [0.2, 0.25) is 0 Å². The van der Waals surface area contributed by atoms with Gasteiger partial charge in [-0.25, -0.2) is 4.79 Å². The molecule has 3 N–H and O–H groups in total. The van der Waals surface area contributed by atoms with Gasteiger partial charge in [-0.05, 0) is 45.2 Å². The molecule has 7 heteroatoms. The zero-order valence-corrected chi connectivity index (χ0v) is 16.6. The second-order valence-corrected chi connectivity index (χ2v) is 9.34. The van der Waals surface area contributed by atoms with Crippen LogP contribution in [-0.4, -0.2) is 58.5 Å². The molecule has 152 valence electrons. The molecule has 4 rings (SSSR count). The van der Waals surface area contributed by atoms with E-state index in [1.807, 2.05) is 45.0 Å². The highest BCUT2D eigenvalue weighted by Crippen LogP contribution is 2.63. The normalized spacial score (nSPS) is 30.3. The van der Waals surface area contributed by atoms with E-state index < -0.39 is 34.5 Å². The Morgan fingerprint density at radius 1 is 1.29 bits per heavy atom. The van der Waals surface area contributed by atoms with Crippen LogP contribution in [0.4, 0.5) is 10.5 Å². The Balaban J connectivity index is 1.87. The lowest BCUT2D eigenvalue weighted by Gasteiger charge is -2.44. The van der Waals surface area contributed by atoms with Crippen molar-refractivity contribution in [3.8, 4) is 0 Å². The van der Waals surface area contributed by atoms with Crippen LogP contribution < -0.4 is 5.32 Å². The molecule has 1 unspecified atom stereocenters. The number of hydrogen-bond acceptors (Lipinski definition) is 5.